The summed E-state index contributed by atoms with van der Waals surface area (Å²) in [6.07, 6.45) is 7.40. The van der Waals surface area contributed by atoms with Gasteiger partial charge in [0.15, 0.2) is 0 Å². The molecule has 1 aliphatic rings. The fraction of sp³-hybridized carbons (Fsp3) is 0.867. The number of nitrogens with zero attached hydrogens (tertiary/aromatic N) is 1. The van der Waals surface area contributed by atoms with Crippen LogP contribution < -0.4 is 5.32 Å². The zero-order valence-corrected chi connectivity index (χ0v) is 12.4. The summed E-state index contributed by atoms with van der Waals surface area (Å²) >= 11 is 0. The van der Waals surface area contributed by atoms with E-state index in [1.165, 1.54) is 6.42 Å². The number of ether oxygens (including phenoxy) is 1. The van der Waals surface area contributed by atoms with Gasteiger partial charge in [-0.2, -0.15) is 5.26 Å². The van der Waals surface area contributed by atoms with Crippen molar-refractivity contribution in [1.82, 2.24) is 5.32 Å². The summed E-state index contributed by atoms with van der Waals surface area (Å²) in [4.78, 5) is 12.1. The van der Waals surface area contributed by atoms with Crippen molar-refractivity contribution < 1.29 is 9.53 Å². The van der Waals surface area contributed by atoms with Gasteiger partial charge in [0.2, 0.25) is 5.91 Å². The maximum Gasteiger partial charge on any atom is 0.224 e. The molecule has 0 heterocycles. The minimum absolute atomic E-state index is 0.0889. The van der Waals surface area contributed by atoms with Crippen LogP contribution in [0.25, 0.3) is 0 Å². The van der Waals surface area contributed by atoms with Crippen LogP contribution in [0.3, 0.4) is 0 Å². The number of hydrogen-bond donors (Lipinski definition) is 1. The van der Waals surface area contributed by atoms with Gasteiger partial charge in [-0.3, -0.25) is 4.79 Å². The summed E-state index contributed by atoms with van der Waals surface area (Å²) in [6.45, 7) is 3.76. The van der Waals surface area contributed by atoms with E-state index in [2.05, 4.69) is 11.4 Å². The maximum atomic E-state index is 12.1. The van der Waals surface area contributed by atoms with Crippen molar-refractivity contribution in [3.63, 3.8) is 0 Å². The van der Waals surface area contributed by atoms with Crippen LogP contribution in [0, 0.1) is 11.3 Å². The molecule has 19 heavy (non-hydrogen) atoms. The minimum atomic E-state index is -0.665. The third-order valence-corrected chi connectivity index (χ3v) is 3.94. The van der Waals surface area contributed by atoms with Crippen LogP contribution in [-0.2, 0) is 9.53 Å². The Labute approximate surface area is 116 Å². The van der Waals surface area contributed by atoms with E-state index in [4.69, 9.17) is 4.74 Å². The van der Waals surface area contributed by atoms with Gasteiger partial charge in [0.05, 0.1) is 18.1 Å². The van der Waals surface area contributed by atoms with Crippen LogP contribution in [0.15, 0.2) is 0 Å². The summed E-state index contributed by atoms with van der Waals surface area (Å²) in [5, 5.41) is 12.4. The van der Waals surface area contributed by atoms with Crippen molar-refractivity contribution >= 4 is 5.91 Å². The molecule has 0 saturated heterocycles. The highest BCUT2D eigenvalue weighted by Gasteiger charge is 2.33. The lowest BCUT2D eigenvalue weighted by Crippen LogP contribution is -2.49. The molecule has 0 atom stereocenters. The van der Waals surface area contributed by atoms with E-state index in [0.717, 1.165) is 38.5 Å². The van der Waals surface area contributed by atoms with Crippen molar-refractivity contribution in [2.24, 2.45) is 0 Å². The van der Waals surface area contributed by atoms with Crippen molar-refractivity contribution in [2.45, 2.75) is 76.4 Å². The van der Waals surface area contributed by atoms with Gasteiger partial charge in [-0.05, 0) is 26.7 Å². The van der Waals surface area contributed by atoms with Crippen molar-refractivity contribution in [3.05, 3.63) is 0 Å². The molecular formula is C15H26N2O2. The zero-order valence-electron chi connectivity index (χ0n) is 12.4. The van der Waals surface area contributed by atoms with Gasteiger partial charge in [-0.15, -0.1) is 0 Å². The highest BCUT2D eigenvalue weighted by Crippen LogP contribution is 2.26. The van der Waals surface area contributed by atoms with Crippen LogP contribution in [0.1, 0.15) is 65.2 Å². The quantitative estimate of drug-likeness (QED) is 0.851. The second-order valence-corrected chi connectivity index (χ2v) is 6.15. The van der Waals surface area contributed by atoms with Crippen LogP contribution in [0.5, 0.6) is 0 Å². The third kappa shape index (κ3) is 5.20. The van der Waals surface area contributed by atoms with E-state index in [-0.39, 0.29) is 12.3 Å². The SMILES string of the molecule is COC(C)(C)CC(=O)NC1(C#N)CCCCCCC1. The Bertz CT molecular complexity index is 337. The molecule has 0 radical (unpaired) electrons. The molecule has 1 amide bonds. The molecule has 4 heteroatoms. The number of methoxy groups -OCH3 is 1. The highest BCUT2D eigenvalue weighted by molar-refractivity contribution is 5.78. The first kappa shape index (κ1) is 16.0. The Hall–Kier alpha value is -1.08. The lowest BCUT2D eigenvalue weighted by atomic mass is 9.84. The molecule has 0 aromatic heterocycles. The molecule has 0 aromatic rings. The Balaban J connectivity index is 2.64. The predicted octanol–water partition coefficient (Wildman–Crippen LogP) is 2.92. The number of nitriles is 1. The van der Waals surface area contributed by atoms with Crippen molar-refractivity contribution in [2.75, 3.05) is 7.11 Å². The van der Waals surface area contributed by atoms with Gasteiger partial charge >= 0.3 is 0 Å². The van der Waals surface area contributed by atoms with Crippen LogP contribution in [-0.4, -0.2) is 24.2 Å². The summed E-state index contributed by atoms with van der Waals surface area (Å²) in [7, 11) is 1.60. The van der Waals surface area contributed by atoms with E-state index >= 15 is 0 Å². The average Bonchev–Trinajstić information content (AvgIpc) is 2.32. The molecule has 0 bridgehead atoms. The number of amides is 1. The third-order valence-electron chi connectivity index (χ3n) is 3.94. The van der Waals surface area contributed by atoms with Crippen molar-refractivity contribution in [1.29, 1.82) is 5.26 Å². The predicted molar refractivity (Wildman–Crippen MR) is 74.5 cm³/mol. The molecule has 4 nitrogen and oxygen atoms in total. The van der Waals surface area contributed by atoms with Gasteiger partial charge in [0.25, 0.3) is 0 Å². The summed E-state index contributed by atoms with van der Waals surface area (Å²) in [6, 6.07) is 2.35. The number of carbonyl (C=O) groups is 1. The highest BCUT2D eigenvalue weighted by atomic mass is 16.5. The topological polar surface area (TPSA) is 62.1 Å². The first-order valence-electron chi connectivity index (χ1n) is 7.20. The summed E-state index contributed by atoms with van der Waals surface area (Å²) < 4.78 is 5.26. The number of rotatable bonds is 4. The molecule has 1 fully saturated rings. The monoisotopic (exact) mass is 266 g/mol. The van der Waals surface area contributed by atoms with Gasteiger partial charge in [0.1, 0.15) is 5.54 Å². The standard InChI is InChI=1S/C15H26N2O2/c1-14(2,19-3)11-13(18)17-15(12-16)9-7-5-4-6-8-10-15/h4-11H2,1-3H3,(H,17,18). The van der Waals surface area contributed by atoms with Gasteiger partial charge in [0, 0.05) is 7.11 Å². The van der Waals surface area contributed by atoms with Crippen LogP contribution >= 0.6 is 0 Å². The van der Waals surface area contributed by atoms with E-state index in [1.54, 1.807) is 7.11 Å². The Morgan fingerprint density at radius 3 is 2.26 bits per heavy atom. The molecule has 108 valence electrons. The van der Waals surface area contributed by atoms with Gasteiger partial charge in [-0.1, -0.05) is 32.1 Å². The molecule has 0 aliphatic heterocycles. The lowest BCUT2D eigenvalue weighted by Gasteiger charge is -2.31. The average molecular weight is 266 g/mol. The fourth-order valence-electron chi connectivity index (χ4n) is 2.54. The second kappa shape index (κ2) is 6.91. The second-order valence-electron chi connectivity index (χ2n) is 6.15. The molecule has 1 rings (SSSR count). The molecular weight excluding hydrogens is 240 g/mol. The summed E-state index contributed by atoms with van der Waals surface area (Å²) in [5.74, 6) is -0.0889. The normalized spacial score (nSPS) is 19.9. The number of nitrogens with one attached hydrogen (secondary N) is 1. The molecule has 0 spiro atoms. The lowest BCUT2D eigenvalue weighted by molar-refractivity contribution is -0.127. The largest absolute Gasteiger partial charge is 0.378 e. The van der Waals surface area contributed by atoms with E-state index < -0.39 is 11.1 Å². The molecule has 1 aliphatic carbocycles. The first-order chi connectivity index (χ1) is 8.93. The number of carbonyl (C=O) groups excluding carboxylic acids is 1. The summed E-state index contributed by atoms with van der Waals surface area (Å²) in [5.41, 5.74) is -1.15. The molecule has 1 N–H and O–H groups in total. The molecule has 1 saturated carbocycles. The first-order valence-corrected chi connectivity index (χ1v) is 7.20. The maximum absolute atomic E-state index is 12.1. The minimum Gasteiger partial charge on any atom is -0.378 e. The Morgan fingerprint density at radius 2 is 1.79 bits per heavy atom. The molecule has 0 aromatic carbocycles. The Kier molecular flexibility index (Phi) is 5.81. The van der Waals surface area contributed by atoms with E-state index in [0.29, 0.717) is 0 Å². The smallest absolute Gasteiger partial charge is 0.224 e. The zero-order chi connectivity index (χ0) is 14.4. The number of hydrogen-bond acceptors (Lipinski definition) is 3. The van der Waals surface area contributed by atoms with Gasteiger partial charge in [-0.25, -0.2) is 0 Å². The van der Waals surface area contributed by atoms with Crippen molar-refractivity contribution in [3.8, 4) is 6.07 Å². The molecule has 0 unspecified atom stereocenters. The van der Waals surface area contributed by atoms with Gasteiger partial charge < -0.3 is 10.1 Å². The fourth-order valence-corrected chi connectivity index (χ4v) is 2.54. The Morgan fingerprint density at radius 1 is 1.26 bits per heavy atom. The van der Waals surface area contributed by atoms with E-state index in [9.17, 15) is 10.1 Å². The van der Waals surface area contributed by atoms with Crippen LogP contribution in [0.4, 0.5) is 0 Å². The van der Waals surface area contributed by atoms with E-state index in [1.807, 2.05) is 13.8 Å². The van der Waals surface area contributed by atoms with Crippen LogP contribution in [0.2, 0.25) is 0 Å².